The number of hydrogen-bond acceptors (Lipinski definition) is 4. The molecule has 27 heavy (non-hydrogen) atoms. The topological polar surface area (TPSA) is 52.6 Å². The number of ether oxygens (including phenoxy) is 2. The maximum absolute atomic E-state index is 12.0. The second-order valence-electron chi connectivity index (χ2n) is 6.82. The highest BCUT2D eigenvalue weighted by Gasteiger charge is 2.17. The van der Waals surface area contributed by atoms with Crippen LogP contribution in [0.4, 0.5) is 0 Å². The van der Waals surface area contributed by atoms with Crippen molar-refractivity contribution in [3.63, 3.8) is 0 Å². The minimum Gasteiger partial charge on any atom is -0.455 e. The molecule has 0 fully saturated rings. The third-order valence-electron chi connectivity index (χ3n) is 4.89. The highest BCUT2D eigenvalue weighted by atomic mass is 16.6. The van der Waals surface area contributed by atoms with Crippen LogP contribution in [0.3, 0.4) is 0 Å². The van der Waals surface area contributed by atoms with Gasteiger partial charge in [-0.25, -0.2) is 4.79 Å². The standard InChI is InChI=1S/C23H24O4/c1-4-15(2)23(25)26-14-22(24)27-16(3)18-11-12-21-19(13-18)10-9-17-7-5-6-8-20(17)21/h5-13,15-16H,4,14H2,1-3H3. The fourth-order valence-electron chi connectivity index (χ4n) is 3.02. The van der Waals surface area contributed by atoms with Crippen LogP contribution in [-0.2, 0) is 19.1 Å². The van der Waals surface area contributed by atoms with Gasteiger partial charge in [-0.1, -0.05) is 62.4 Å². The molecule has 2 atom stereocenters. The summed E-state index contributed by atoms with van der Waals surface area (Å²) in [5, 5.41) is 4.65. The molecule has 0 spiro atoms. The summed E-state index contributed by atoms with van der Waals surface area (Å²) in [6.07, 6.45) is 0.256. The summed E-state index contributed by atoms with van der Waals surface area (Å²) in [4.78, 5) is 23.6. The molecule has 0 aliphatic heterocycles. The Kier molecular flexibility index (Phi) is 5.75. The molecule has 0 bridgehead atoms. The van der Waals surface area contributed by atoms with Gasteiger partial charge in [0.2, 0.25) is 0 Å². The molecule has 0 aliphatic carbocycles. The van der Waals surface area contributed by atoms with Gasteiger partial charge in [0.15, 0.2) is 6.61 Å². The van der Waals surface area contributed by atoms with Crippen molar-refractivity contribution in [1.29, 1.82) is 0 Å². The van der Waals surface area contributed by atoms with Gasteiger partial charge in [-0.15, -0.1) is 0 Å². The van der Waals surface area contributed by atoms with Crippen LogP contribution in [0, 0.1) is 5.92 Å². The van der Waals surface area contributed by atoms with Crippen molar-refractivity contribution in [3.05, 3.63) is 60.2 Å². The third kappa shape index (κ3) is 4.27. The molecule has 4 nitrogen and oxygen atoms in total. The number of carbonyl (C=O) groups is 2. The van der Waals surface area contributed by atoms with E-state index in [0.717, 1.165) is 16.3 Å². The molecule has 0 amide bonds. The minimum atomic E-state index is -0.544. The summed E-state index contributed by atoms with van der Waals surface area (Å²) in [6.45, 7) is 5.13. The van der Waals surface area contributed by atoms with E-state index in [0.29, 0.717) is 6.42 Å². The summed E-state index contributed by atoms with van der Waals surface area (Å²) in [5.74, 6) is -1.14. The van der Waals surface area contributed by atoms with Crippen LogP contribution in [-0.4, -0.2) is 18.5 Å². The first-order valence-corrected chi connectivity index (χ1v) is 9.27. The van der Waals surface area contributed by atoms with E-state index in [2.05, 4.69) is 30.3 Å². The van der Waals surface area contributed by atoms with Crippen molar-refractivity contribution in [2.75, 3.05) is 6.61 Å². The van der Waals surface area contributed by atoms with Crippen LogP contribution >= 0.6 is 0 Å². The van der Waals surface area contributed by atoms with Crippen LogP contribution in [0.15, 0.2) is 54.6 Å². The monoisotopic (exact) mass is 364 g/mol. The zero-order chi connectivity index (χ0) is 19.4. The lowest BCUT2D eigenvalue weighted by Gasteiger charge is -2.15. The van der Waals surface area contributed by atoms with E-state index in [9.17, 15) is 9.59 Å². The molecule has 2 unspecified atom stereocenters. The molecule has 0 saturated carbocycles. The van der Waals surface area contributed by atoms with E-state index in [-0.39, 0.29) is 18.5 Å². The van der Waals surface area contributed by atoms with Crippen molar-refractivity contribution in [3.8, 4) is 0 Å². The highest BCUT2D eigenvalue weighted by molar-refractivity contribution is 6.07. The number of fused-ring (bicyclic) bond motifs is 3. The summed E-state index contributed by atoms with van der Waals surface area (Å²) < 4.78 is 10.4. The van der Waals surface area contributed by atoms with Gasteiger partial charge in [0.05, 0.1) is 5.92 Å². The van der Waals surface area contributed by atoms with Gasteiger partial charge < -0.3 is 9.47 Å². The molecular weight excluding hydrogens is 340 g/mol. The Morgan fingerprint density at radius 2 is 1.63 bits per heavy atom. The van der Waals surface area contributed by atoms with Gasteiger partial charge in [0.25, 0.3) is 0 Å². The van der Waals surface area contributed by atoms with Crippen LogP contribution in [0.5, 0.6) is 0 Å². The molecule has 3 rings (SSSR count). The first-order chi connectivity index (χ1) is 13.0. The molecule has 0 radical (unpaired) electrons. The van der Waals surface area contributed by atoms with Crippen LogP contribution < -0.4 is 0 Å². The quantitative estimate of drug-likeness (QED) is 0.446. The molecule has 0 saturated heterocycles. The molecule has 3 aromatic rings. The molecule has 0 N–H and O–H groups in total. The maximum Gasteiger partial charge on any atom is 0.344 e. The number of rotatable bonds is 6. The van der Waals surface area contributed by atoms with E-state index in [1.807, 2.05) is 38.1 Å². The highest BCUT2D eigenvalue weighted by Crippen LogP contribution is 2.28. The first-order valence-electron chi connectivity index (χ1n) is 9.27. The lowest BCUT2D eigenvalue weighted by atomic mass is 9.99. The SMILES string of the molecule is CCC(C)C(=O)OCC(=O)OC(C)c1ccc2c(ccc3ccccc32)c1. The predicted molar refractivity (Wildman–Crippen MR) is 106 cm³/mol. The van der Waals surface area contributed by atoms with E-state index in [1.165, 1.54) is 10.8 Å². The molecule has 0 aliphatic rings. The second-order valence-corrected chi connectivity index (χ2v) is 6.82. The van der Waals surface area contributed by atoms with Crippen LogP contribution in [0.1, 0.15) is 38.9 Å². The zero-order valence-corrected chi connectivity index (χ0v) is 15.9. The number of esters is 2. The number of benzene rings is 3. The van der Waals surface area contributed by atoms with Crippen molar-refractivity contribution in [2.45, 2.75) is 33.3 Å². The van der Waals surface area contributed by atoms with Gasteiger partial charge >= 0.3 is 11.9 Å². The number of hydrogen-bond donors (Lipinski definition) is 0. The average molecular weight is 364 g/mol. The summed E-state index contributed by atoms with van der Waals surface area (Å²) in [5.41, 5.74) is 0.902. The van der Waals surface area contributed by atoms with Crippen LogP contribution in [0.25, 0.3) is 21.5 Å². The lowest BCUT2D eigenvalue weighted by Crippen LogP contribution is -2.21. The van der Waals surface area contributed by atoms with Crippen LogP contribution in [0.2, 0.25) is 0 Å². The molecule has 4 heteroatoms. The Morgan fingerprint density at radius 1 is 0.926 bits per heavy atom. The van der Waals surface area contributed by atoms with Gasteiger partial charge in [-0.05, 0) is 46.5 Å². The fourth-order valence-corrected chi connectivity index (χ4v) is 3.02. The normalized spacial score (nSPS) is 13.3. The predicted octanol–water partition coefficient (Wildman–Crippen LogP) is 5.19. The van der Waals surface area contributed by atoms with E-state index in [4.69, 9.17) is 9.47 Å². The summed E-state index contributed by atoms with van der Waals surface area (Å²) in [7, 11) is 0. The zero-order valence-electron chi connectivity index (χ0n) is 15.9. The van der Waals surface area contributed by atoms with Gasteiger partial charge in [-0.3, -0.25) is 4.79 Å². The Hall–Kier alpha value is -2.88. The van der Waals surface area contributed by atoms with E-state index >= 15 is 0 Å². The van der Waals surface area contributed by atoms with Crippen molar-refractivity contribution in [1.82, 2.24) is 0 Å². The van der Waals surface area contributed by atoms with Crippen molar-refractivity contribution < 1.29 is 19.1 Å². The Balaban J connectivity index is 1.70. The van der Waals surface area contributed by atoms with E-state index < -0.39 is 12.1 Å². The van der Waals surface area contributed by atoms with Gasteiger partial charge in [0.1, 0.15) is 6.10 Å². The fraction of sp³-hybridized carbons (Fsp3) is 0.304. The average Bonchev–Trinajstić information content (AvgIpc) is 2.70. The first kappa shape index (κ1) is 18.9. The largest absolute Gasteiger partial charge is 0.455 e. The molecule has 0 heterocycles. The van der Waals surface area contributed by atoms with Gasteiger partial charge in [-0.2, -0.15) is 0 Å². The van der Waals surface area contributed by atoms with E-state index in [1.54, 1.807) is 6.92 Å². The molecule has 0 aromatic heterocycles. The molecule has 140 valence electrons. The minimum absolute atomic E-state index is 0.217. The number of carbonyl (C=O) groups excluding carboxylic acids is 2. The summed E-state index contributed by atoms with van der Waals surface area (Å²) >= 11 is 0. The molecular formula is C23H24O4. The third-order valence-corrected chi connectivity index (χ3v) is 4.89. The Labute approximate surface area is 159 Å². The molecule has 3 aromatic carbocycles. The smallest absolute Gasteiger partial charge is 0.344 e. The maximum atomic E-state index is 12.0. The Bertz CT molecular complexity index is 976. The van der Waals surface area contributed by atoms with Crippen molar-refractivity contribution >= 4 is 33.5 Å². The van der Waals surface area contributed by atoms with Crippen molar-refractivity contribution in [2.24, 2.45) is 5.92 Å². The van der Waals surface area contributed by atoms with Gasteiger partial charge in [0, 0.05) is 0 Å². The Morgan fingerprint density at radius 3 is 2.41 bits per heavy atom. The lowest BCUT2D eigenvalue weighted by molar-refractivity contribution is -0.164. The second kappa shape index (κ2) is 8.21. The summed E-state index contributed by atoms with van der Waals surface area (Å²) in [6, 6.07) is 18.5.